The Labute approximate surface area is 151 Å². The molecule has 0 spiro atoms. The molecule has 0 bridgehead atoms. The Morgan fingerprint density at radius 2 is 2.04 bits per heavy atom. The molecular formula is C19H23N3O4. The quantitative estimate of drug-likeness (QED) is 0.577. The number of ether oxygens (including phenoxy) is 1. The molecule has 0 saturated carbocycles. The number of nitrogens with one attached hydrogen (secondary N) is 1. The molecule has 2 aromatic rings. The zero-order valence-electron chi connectivity index (χ0n) is 15.0. The van der Waals surface area contributed by atoms with Crippen molar-refractivity contribution in [2.45, 2.75) is 39.3 Å². The number of esters is 1. The molecule has 26 heavy (non-hydrogen) atoms. The summed E-state index contributed by atoms with van der Waals surface area (Å²) in [5.41, 5.74) is -0.220. The van der Waals surface area contributed by atoms with Gasteiger partial charge in [0.05, 0.1) is 5.39 Å². The zero-order chi connectivity index (χ0) is 19.1. The van der Waals surface area contributed by atoms with Crippen LogP contribution in [0.1, 0.15) is 37.2 Å². The van der Waals surface area contributed by atoms with Crippen molar-refractivity contribution in [3.05, 3.63) is 53.0 Å². The number of nitrogens with zero attached hydrogens (tertiary/aromatic N) is 2. The molecule has 7 heteroatoms. The lowest BCUT2D eigenvalue weighted by Gasteiger charge is -2.14. The highest BCUT2D eigenvalue weighted by atomic mass is 16.5. The normalized spacial score (nSPS) is 11.8. The van der Waals surface area contributed by atoms with Gasteiger partial charge in [-0.15, -0.1) is 6.58 Å². The van der Waals surface area contributed by atoms with Gasteiger partial charge >= 0.3 is 5.97 Å². The van der Waals surface area contributed by atoms with Gasteiger partial charge in [0, 0.05) is 18.5 Å². The van der Waals surface area contributed by atoms with Crippen molar-refractivity contribution in [2.24, 2.45) is 0 Å². The molecule has 0 aliphatic carbocycles. The van der Waals surface area contributed by atoms with Gasteiger partial charge in [-0.25, -0.2) is 9.48 Å². The first-order valence-corrected chi connectivity index (χ1v) is 8.59. The highest BCUT2D eigenvalue weighted by molar-refractivity contribution is 6.02. The second kappa shape index (κ2) is 8.94. The lowest BCUT2D eigenvalue weighted by Crippen LogP contribution is -2.36. The predicted molar refractivity (Wildman–Crippen MR) is 99.0 cm³/mol. The Balaban J connectivity index is 2.36. The van der Waals surface area contributed by atoms with Crippen LogP contribution in [-0.2, 0) is 16.1 Å². The van der Waals surface area contributed by atoms with Crippen LogP contribution in [0.2, 0.25) is 0 Å². The van der Waals surface area contributed by atoms with Crippen molar-refractivity contribution in [2.75, 3.05) is 6.54 Å². The summed E-state index contributed by atoms with van der Waals surface area (Å²) >= 11 is 0. The Bertz CT molecular complexity index is 873. The molecule has 138 valence electrons. The number of unbranched alkanes of at least 4 members (excludes halogenated alkanes) is 1. The standard InChI is InChI=1S/C19H23N3O4/c1-4-6-12-22-18(24)15-10-8-7-9-14(15)16(21-22)19(25)26-13(3)17(23)20-11-5-2/h5,7-10,13H,2,4,6,11-12H2,1,3H3,(H,20,23)/t13-/m1/s1. The molecule has 1 N–H and O–H groups in total. The molecule has 1 aromatic heterocycles. The molecule has 1 atom stereocenters. The second-order valence-corrected chi connectivity index (χ2v) is 5.86. The van der Waals surface area contributed by atoms with Crippen LogP contribution in [-0.4, -0.2) is 34.3 Å². The fourth-order valence-corrected chi connectivity index (χ4v) is 2.43. The van der Waals surface area contributed by atoms with E-state index in [9.17, 15) is 14.4 Å². The number of benzene rings is 1. The predicted octanol–water partition coefficient (Wildman–Crippen LogP) is 2.04. The van der Waals surface area contributed by atoms with E-state index in [-0.39, 0.29) is 17.8 Å². The third-order valence-electron chi connectivity index (χ3n) is 3.86. The smallest absolute Gasteiger partial charge is 0.360 e. The summed E-state index contributed by atoms with van der Waals surface area (Å²) < 4.78 is 6.52. The summed E-state index contributed by atoms with van der Waals surface area (Å²) in [7, 11) is 0. The molecule has 0 radical (unpaired) electrons. The first-order valence-electron chi connectivity index (χ1n) is 8.59. The van der Waals surface area contributed by atoms with Gasteiger partial charge in [-0.05, 0) is 19.4 Å². The topological polar surface area (TPSA) is 90.3 Å². The highest BCUT2D eigenvalue weighted by Gasteiger charge is 2.22. The Hall–Kier alpha value is -2.96. The first-order chi connectivity index (χ1) is 12.5. The maximum Gasteiger partial charge on any atom is 0.360 e. The van der Waals surface area contributed by atoms with E-state index in [0.29, 0.717) is 17.3 Å². The fourth-order valence-electron chi connectivity index (χ4n) is 2.43. The largest absolute Gasteiger partial charge is 0.448 e. The summed E-state index contributed by atoms with van der Waals surface area (Å²) in [6, 6.07) is 6.75. The minimum absolute atomic E-state index is 0.0275. The van der Waals surface area contributed by atoms with Crippen molar-refractivity contribution in [3.63, 3.8) is 0 Å². The average Bonchev–Trinajstić information content (AvgIpc) is 2.65. The fraction of sp³-hybridized carbons (Fsp3) is 0.368. The monoisotopic (exact) mass is 357 g/mol. The van der Waals surface area contributed by atoms with E-state index in [1.807, 2.05) is 6.92 Å². The molecule has 1 heterocycles. The first kappa shape index (κ1) is 19.4. The van der Waals surface area contributed by atoms with E-state index in [1.54, 1.807) is 24.3 Å². The van der Waals surface area contributed by atoms with Gasteiger partial charge in [-0.1, -0.05) is 37.6 Å². The van der Waals surface area contributed by atoms with Gasteiger partial charge in [0.2, 0.25) is 0 Å². The van der Waals surface area contributed by atoms with E-state index in [4.69, 9.17) is 4.74 Å². The van der Waals surface area contributed by atoms with E-state index in [1.165, 1.54) is 17.7 Å². The van der Waals surface area contributed by atoms with Crippen molar-refractivity contribution >= 4 is 22.6 Å². The number of amides is 1. The average molecular weight is 357 g/mol. The van der Waals surface area contributed by atoms with Gasteiger partial charge < -0.3 is 10.1 Å². The molecule has 0 fully saturated rings. The van der Waals surface area contributed by atoms with Crippen LogP contribution in [0, 0.1) is 0 Å². The third kappa shape index (κ3) is 4.36. The number of carbonyl (C=O) groups excluding carboxylic acids is 2. The molecule has 1 aromatic carbocycles. The lowest BCUT2D eigenvalue weighted by atomic mass is 10.1. The van der Waals surface area contributed by atoms with E-state index < -0.39 is 18.0 Å². The van der Waals surface area contributed by atoms with E-state index in [2.05, 4.69) is 17.0 Å². The summed E-state index contributed by atoms with van der Waals surface area (Å²) in [6.45, 7) is 7.69. The SMILES string of the molecule is C=CCNC(=O)[C@@H](C)OC(=O)c1nn(CCCC)c(=O)c2ccccc12. The van der Waals surface area contributed by atoms with Crippen LogP contribution in [0.4, 0.5) is 0 Å². The third-order valence-corrected chi connectivity index (χ3v) is 3.86. The van der Waals surface area contributed by atoms with Crippen LogP contribution < -0.4 is 10.9 Å². The van der Waals surface area contributed by atoms with Gasteiger partial charge in [0.15, 0.2) is 11.8 Å². The molecule has 7 nitrogen and oxygen atoms in total. The van der Waals surface area contributed by atoms with Gasteiger partial charge in [-0.3, -0.25) is 9.59 Å². The Kier molecular flexibility index (Phi) is 6.66. The van der Waals surface area contributed by atoms with E-state index >= 15 is 0 Å². The van der Waals surface area contributed by atoms with Crippen LogP contribution in [0.25, 0.3) is 10.8 Å². The van der Waals surface area contributed by atoms with E-state index in [0.717, 1.165) is 12.8 Å². The van der Waals surface area contributed by atoms with Crippen LogP contribution >= 0.6 is 0 Å². The molecular weight excluding hydrogens is 334 g/mol. The zero-order valence-corrected chi connectivity index (χ0v) is 15.0. The van der Waals surface area contributed by atoms with Crippen LogP contribution in [0.15, 0.2) is 41.7 Å². The lowest BCUT2D eigenvalue weighted by molar-refractivity contribution is -0.128. The number of aromatic nitrogens is 2. The van der Waals surface area contributed by atoms with Gasteiger partial charge in [-0.2, -0.15) is 5.10 Å². The van der Waals surface area contributed by atoms with Crippen molar-refractivity contribution < 1.29 is 14.3 Å². The number of hydrogen-bond acceptors (Lipinski definition) is 5. The maximum atomic E-state index is 12.6. The summed E-state index contributed by atoms with van der Waals surface area (Å²) in [5.74, 6) is -1.17. The van der Waals surface area contributed by atoms with Crippen molar-refractivity contribution in [3.8, 4) is 0 Å². The van der Waals surface area contributed by atoms with Gasteiger partial charge in [0.1, 0.15) is 0 Å². The molecule has 0 saturated heterocycles. The molecule has 0 aliphatic rings. The van der Waals surface area contributed by atoms with Crippen molar-refractivity contribution in [1.82, 2.24) is 15.1 Å². The minimum atomic E-state index is -0.987. The minimum Gasteiger partial charge on any atom is -0.448 e. The van der Waals surface area contributed by atoms with Gasteiger partial charge in [0.25, 0.3) is 11.5 Å². The molecule has 1 amide bonds. The number of carbonyl (C=O) groups is 2. The van der Waals surface area contributed by atoms with Crippen LogP contribution in [0.3, 0.4) is 0 Å². The number of aryl methyl sites for hydroxylation is 1. The Morgan fingerprint density at radius 3 is 2.69 bits per heavy atom. The molecule has 2 rings (SSSR count). The molecule has 0 aliphatic heterocycles. The highest BCUT2D eigenvalue weighted by Crippen LogP contribution is 2.15. The summed E-state index contributed by atoms with van der Waals surface area (Å²) in [4.78, 5) is 37.0. The van der Waals surface area contributed by atoms with Crippen molar-refractivity contribution in [1.29, 1.82) is 0 Å². The number of hydrogen-bond donors (Lipinski definition) is 1. The number of rotatable bonds is 8. The number of fused-ring (bicyclic) bond motifs is 1. The van der Waals surface area contributed by atoms with Crippen LogP contribution in [0.5, 0.6) is 0 Å². The summed E-state index contributed by atoms with van der Waals surface area (Å²) in [5, 5.41) is 7.57. The summed E-state index contributed by atoms with van der Waals surface area (Å²) in [6.07, 6.45) is 2.20. The maximum absolute atomic E-state index is 12.6. The second-order valence-electron chi connectivity index (χ2n) is 5.86. The molecule has 0 unspecified atom stereocenters. The Morgan fingerprint density at radius 1 is 1.35 bits per heavy atom.